The molecule has 1 N–H and O–H groups in total. The highest BCUT2D eigenvalue weighted by molar-refractivity contribution is 7.19. The van der Waals surface area contributed by atoms with Crippen molar-refractivity contribution in [1.29, 1.82) is 0 Å². The molecule has 0 aliphatic heterocycles. The lowest BCUT2D eigenvalue weighted by molar-refractivity contribution is 1.13. The summed E-state index contributed by atoms with van der Waals surface area (Å²) in [6, 6.07) is 18.5. The molecule has 0 atom stereocenters. The smallest absolute Gasteiger partial charge is 0.227 e. The molecule has 4 rings (SSSR count). The predicted octanol–water partition coefficient (Wildman–Crippen LogP) is 6.04. The molecule has 2 aromatic carbocycles. The Morgan fingerprint density at radius 2 is 1.69 bits per heavy atom. The maximum Gasteiger partial charge on any atom is 0.227 e. The van der Waals surface area contributed by atoms with Crippen molar-refractivity contribution < 1.29 is 0 Å². The van der Waals surface area contributed by atoms with Gasteiger partial charge >= 0.3 is 0 Å². The van der Waals surface area contributed by atoms with Crippen LogP contribution in [-0.4, -0.2) is 22.0 Å². The van der Waals surface area contributed by atoms with Gasteiger partial charge in [-0.15, -0.1) is 0 Å². The van der Waals surface area contributed by atoms with Crippen molar-refractivity contribution in [3.05, 3.63) is 77.6 Å². The van der Waals surface area contributed by atoms with Crippen LogP contribution < -0.4 is 10.2 Å². The van der Waals surface area contributed by atoms with E-state index < -0.39 is 0 Å². The van der Waals surface area contributed by atoms with Crippen LogP contribution in [0.4, 0.5) is 22.5 Å². The van der Waals surface area contributed by atoms with E-state index in [9.17, 15) is 0 Å². The van der Waals surface area contributed by atoms with Gasteiger partial charge in [-0.2, -0.15) is 0 Å². The molecule has 6 heteroatoms. The molecular weight excluding hydrogens is 378 g/mol. The Morgan fingerprint density at radius 1 is 0.897 bits per heavy atom. The van der Waals surface area contributed by atoms with E-state index in [4.69, 9.17) is 9.97 Å². The van der Waals surface area contributed by atoms with Gasteiger partial charge in [0.15, 0.2) is 5.13 Å². The number of aryl methyl sites for hydroxylation is 3. The van der Waals surface area contributed by atoms with Gasteiger partial charge in [-0.25, -0.2) is 15.0 Å². The van der Waals surface area contributed by atoms with Gasteiger partial charge < -0.3 is 10.2 Å². The van der Waals surface area contributed by atoms with Gasteiger partial charge in [0.05, 0.1) is 16.3 Å². The highest BCUT2D eigenvalue weighted by Crippen LogP contribution is 2.36. The van der Waals surface area contributed by atoms with Crippen LogP contribution in [0.15, 0.2) is 60.8 Å². The van der Waals surface area contributed by atoms with E-state index in [1.165, 1.54) is 11.1 Å². The third-order valence-corrected chi connectivity index (χ3v) is 5.91. The molecule has 0 saturated heterocycles. The SMILES string of the molecule is Cc1ccc(N(C)c2nc(C)c(-c3ccnc(Nc4cccc(C)c4)n3)s2)cc1. The van der Waals surface area contributed by atoms with Crippen LogP contribution in [0.1, 0.15) is 16.8 Å². The van der Waals surface area contributed by atoms with Gasteiger partial charge in [-0.3, -0.25) is 0 Å². The molecule has 0 unspecified atom stereocenters. The normalized spacial score (nSPS) is 10.8. The van der Waals surface area contributed by atoms with Crippen LogP contribution in [0.2, 0.25) is 0 Å². The largest absolute Gasteiger partial charge is 0.324 e. The lowest BCUT2D eigenvalue weighted by atomic mass is 10.2. The third kappa shape index (κ3) is 4.27. The minimum absolute atomic E-state index is 0.578. The average molecular weight is 402 g/mol. The summed E-state index contributed by atoms with van der Waals surface area (Å²) in [5.74, 6) is 0.578. The maximum absolute atomic E-state index is 4.77. The summed E-state index contributed by atoms with van der Waals surface area (Å²) in [4.78, 5) is 17.0. The first-order chi connectivity index (χ1) is 14.0. The molecule has 4 aromatic rings. The summed E-state index contributed by atoms with van der Waals surface area (Å²) in [5.41, 5.74) is 6.35. The van der Waals surface area contributed by atoms with Crippen molar-refractivity contribution in [3.8, 4) is 10.6 Å². The standard InChI is InChI=1S/C23H23N5S/c1-15-8-10-19(11-9-15)28(4)23-25-17(3)21(29-23)20-12-13-24-22(27-20)26-18-7-5-6-16(2)14-18/h5-14H,1-4H3,(H,24,26,27). The first kappa shape index (κ1) is 19.1. The fourth-order valence-corrected chi connectivity index (χ4v) is 4.06. The summed E-state index contributed by atoms with van der Waals surface area (Å²) in [7, 11) is 2.04. The van der Waals surface area contributed by atoms with E-state index in [1.807, 2.05) is 32.2 Å². The Bertz CT molecular complexity index is 1130. The van der Waals surface area contributed by atoms with Gasteiger partial charge in [-0.05, 0) is 56.7 Å². The van der Waals surface area contributed by atoms with Gasteiger partial charge in [0.2, 0.25) is 5.95 Å². The number of benzene rings is 2. The molecule has 0 amide bonds. The van der Waals surface area contributed by atoms with E-state index in [0.29, 0.717) is 5.95 Å². The lowest BCUT2D eigenvalue weighted by Crippen LogP contribution is -2.08. The first-order valence-electron chi connectivity index (χ1n) is 9.44. The second-order valence-electron chi connectivity index (χ2n) is 7.07. The van der Waals surface area contributed by atoms with Gasteiger partial charge in [0, 0.05) is 24.6 Å². The van der Waals surface area contributed by atoms with Crippen molar-refractivity contribution in [2.45, 2.75) is 20.8 Å². The van der Waals surface area contributed by atoms with E-state index >= 15 is 0 Å². The second-order valence-corrected chi connectivity index (χ2v) is 8.04. The first-order valence-corrected chi connectivity index (χ1v) is 10.3. The highest BCUT2D eigenvalue weighted by atomic mass is 32.1. The maximum atomic E-state index is 4.77. The number of rotatable bonds is 5. The fraction of sp³-hybridized carbons (Fsp3) is 0.174. The van der Waals surface area contributed by atoms with Crippen LogP contribution >= 0.6 is 11.3 Å². The summed E-state index contributed by atoms with van der Waals surface area (Å²) >= 11 is 1.63. The van der Waals surface area contributed by atoms with Gasteiger partial charge in [0.1, 0.15) is 0 Å². The quantitative estimate of drug-likeness (QED) is 0.442. The molecule has 2 heterocycles. The number of nitrogens with one attached hydrogen (secondary N) is 1. The highest BCUT2D eigenvalue weighted by Gasteiger charge is 2.15. The number of hydrogen-bond acceptors (Lipinski definition) is 6. The molecule has 0 saturated carbocycles. The topological polar surface area (TPSA) is 53.9 Å². The molecule has 0 fully saturated rings. The zero-order valence-corrected chi connectivity index (χ0v) is 17.8. The summed E-state index contributed by atoms with van der Waals surface area (Å²) in [6.45, 7) is 6.18. The summed E-state index contributed by atoms with van der Waals surface area (Å²) in [5, 5.41) is 4.22. The monoisotopic (exact) mass is 401 g/mol. The molecule has 2 aromatic heterocycles. The Kier molecular flexibility index (Phi) is 5.27. The molecular formula is C23H23N5S. The van der Waals surface area contributed by atoms with E-state index in [1.54, 1.807) is 17.5 Å². The van der Waals surface area contributed by atoms with Crippen molar-refractivity contribution in [2.75, 3.05) is 17.3 Å². The minimum atomic E-state index is 0.578. The Balaban J connectivity index is 1.61. The van der Waals surface area contributed by atoms with Crippen molar-refractivity contribution in [3.63, 3.8) is 0 Å². The molecule has 0 aliphatic rings. The Labute approximate surface area is 175 Å². The molecule has 146 valence electrons. The van der Waals surface area contributed by atoms with E-state index in [2.05, 4.69) is 65.4 Å². The van der Waals surface area contributed by atoms with Gasteiger partial charge in [-0.1, -0.05) is 41.2 Å². The molecule has 0 spiro atoms. The number of hydrogen-bond donors (Lipinski definition) is 1. The fourth-order valence-electron chi connectivity index (χ4n) is 3.04. The van der Waals surface area contributed by atoms with Crippen molar-refractivity contribution in [1.82, 2.24) is 15.0 Å². The van der Waals surface area contributed by atoms with E-state index in [0.717, 1.165) is 32.8 Å². The van der Waals surface area contributed by atoms with Crippen molar-refractivity contribution in [2.24, 2.45) is 0 Å². The molecule has 0 radical (unpaired) electrons. The third-order valence-electron chi connectivity index (χ3n) is 4.66. The number of aromatic nitrogens is 3. The summed E-state index contributed by atoms with van der Waals surface area (Å²) < 4.78 is 0. The Hall–Kier alpha value is -3.25. The predicted molar refractivity (Wildman–Crippen MR) is 122 cm³/mol. The van der Waals surface area contributed by atoms with E-state index in [-0.39, 0.29) is 0 Å². The van der Waals surface area contributed by atoms with Crippen LogP contribution in [0.25, 0.3) is 10.6 Å². The molecule has 0 aliphatic carbocycles. The zero-order chi connectivity index (χ0) is 20.4. The van der Waals surface area contributed by atoms with Crippen LogP contribution in [0.3, 0.4) is 0 Å². The molecule has 0 bridgehead atoms. The number of nitrogens with zero attached hydrogens (tertiary/aromatic N) is 4. The molecule has 29 heavy (non-hydrogen) atoms. The second kappa shape index (κ2) is 8.01. The number of anilines is 4. The molecule has 5 nitrogen and oxygen atoms in total. The van der Waals surface area contributed by atoms with Crippen LogP contribution in [-0.2, 0) is 0 Å². The van der Waals surface area contributed by atoms with Crippen LogP contribution in [0.5, 0.6) is 0 Å². The van der Waals surface area contributed by atoms with Crippen LogP contribution in [0, 0.1) is 20.8 Å². The minimum Gasteiger partial charge on any atom is -0.324 e. The van der Waals surface area contributed by atoms with Gasteiger partial charge in [0.25, 0.3) is 0 Å². The lowest BCUT2D eigenvalue weighted by Gasteiger charge is -2.15. The average Bonchev–Trinajstić information content (AvgIpc) is 3.10. The number of thiazole rings is 1. The zero-order valence-electron chi connectivity index (χ0n) is 17.0. The van der Waals surface area contributed by atoms with Crippen molar-refractivity contribution >= 4 is 33.8 Å². The Morgan fingerprint density at radius 3 is 2.45 bits per heavy atom. The summed E-state index contributed by atoms with van der Waals surface area (Å²) in [6.07, 6.45) is 1.78.